The first-order valence-corrected chi connectivity index (χ1v) is 4.55. The quantitative estimate of drug-likeness (QED) is 0.386. The number of hydrogen-bond donors (Lipinski definition) is 5. The molecule has 0 bridgehead atoms. The molecule has 4 atom stereocenters. The standard InChI is InChI=1S/C9H20O5/c1-9(2,3)8(14)7(13)6(12)5(11)4-10/h5-8,10-14H,4H2,1-3H3/t5-,6-,7+,8-/m1/s1. The summed E-state index contributed by atoms with van der Waals surface area (Å²) in [7, 11) is 0. The van der Waals surface area contributed by atoms with E-state index in [1.54, 1.807) is 20.8 Å². The SMILES string of the molecule is CC(C)(C)[C@H](O)[C@@H](O)[C@H](O)[C@H](O)CO. The molecule has 5 heteroatoms. The predicted octanol–water partition coefficient (Wildman–Crippen LogP) is -1.53. The van der Waals surface area contributed by atoms with Gasteiger partial charge in [0.2, 0.25) is 0 Å². The molecule has 0 aromatic rings. The highest BCUT2D eigenvalue weighted by Gasteiger charge is 2.36. The molecule has 86 valence electrons. The van der Waals surface area contributed by atoms with Crippen molar-refractivity contribution < 1.29 is 25.5 Å². The molecule has 0 saturated carbocycles. The Kier molecular flexibility index (Phi) is 4.97. The van der Waals surface area contributed by atoms with Crippen LogP contribution in [0, 0.1) is 5.41 Å². The van der Waals surface area contributed by atoms with Crippen molar-refractivity contribution in [2.75, 3.05) is 6.61 Å². The Labute approximate surface area is 83.6 Å². The van der Waals surface area contributed by atoms with Gasteiger partial charge in [0.05, 0.1) is 12.7 Å². The van der Waals surface area contributed by atoms with Gasteiger partial charge in [0.15, 0.2) is 0 Å². The molecule has 0 spiro atoms. The lowest BCUT2D eigenvalue weighted by Gasteiger charge is -2.33. The van der Waals surface area contributed by atoms with Crippen LogP contribution in [0.15, 0.2) is 0 Å². The third-order valence-corrected chi connectivity index (χ3v) is 2.14. The first-order chi connectivity index (χ1) is 6.21. The Balaban J connectivity index is 4.38. The normalized spacial score (nSPS) is 21.4. The smallest absolute Gasteiger partial charge is 0.111 e. The molecule has 5 N–H and O–H groups in total. The van der Waals surface area contributed by atoms with Gasteiger partial charge in [-0.3, -0.25) is 0 Å². The molecule has 5 nitrogen and oxygen atoms in total. The van der Waals surface area contributed by atoms with Crippen LogP contribution in [0.4, 0.5) is 0 Å². The van der Waals surface area contributed by atoms with Gasteiger partial charge >= 0.3 is 0 Å². The second-order valence-corrected chi connectivity index (χ2v) is 4.54. The Morgan fingerprint density at radius 2 is 1.36 bits per heavy atom. The predicted molar refractivity (Wildman–Crippen MR) is 50.6 cm³/mol. The average molecular weight is 208 g/mol. The van der Waals surface area contributed by atoms with E-state index in [0.717, 1.165) is 0 Å². The molecule has 0 saturated heterocycles. The van der Waals surface area contributed by atoms with Crippen molar-refractivity contribution in [3.05, 3.63) is 0 Å². The number of rotatable bonds is 4. The van der Waals surface area contributed by atoms with Gasteiger partial charge < -0.3 is 25.5 Å². The third kappa shape index (κ3) is 3.51. The Bertz CT molecular complexity index is 165. The Morgan fingerprint density at radius 1 is 0.929 bits per heavy atom. The minimum Gasteiger partial charge on any atom is -0.394 e. The monoisotopic (exact) mass is 208 g/mol. The van der Waals surface area contributed by atoms with Gasteiger partial charge in [-0.15, -0.1) is 0 Å². The summed E-state index contributed by atoms with van der Waals surface area (Å²) in [6.45, 7) is 4.42. The lowest BCUT2D eigenvalue weighted by Crippen LogP contribution is -2.50. The molecule has 0 aliphatic heterocycles. The summed E-state index contributed by atoms with van der Waals surface area (Å²) in [5.41, 5.74) is -0.602. The fraction of sp³-hybridized carbons (Fsp3) is 1.00. The molecule has 0 heterocycles. The Hall–Kier alpha value is -0.200. The molecular formula is C9H20O5. The van der Waals surface area contributed by atoms with Crippen LogP contribution in [0.1, 0.15) is 20.8 Å². The van der Waals surface area contributed by atoms with E-state index in [0.29, 0.717) is 0 Å². The van der Waals surface area contributed by atoms with Crippen LogP contribution in [0.5, 0.6) is 0 Å². The molecule has 0 aliphatic rings. The largest absolute Gasteiger partial charge is 0.394 e. The van der Waals surface area contributed by atoms with Gasteiger partial charge in [-0.2, -0.15) is 0 Å². The van der Waals surface area contributed by atoms with Crippen molar-refractivity contribution in [2.45, 2.75) is 45.2 Å². The molecule has 0 aliphatic carbocycles. The molecule has 0 rings (SSSR count). The molecular weight excluding hydrogens is 188 g/mol. The maximum absolute atomic E-state index is 9.57. The van der Waals surface area contributed by atoms with Gasteiger partial charge in [0.25, 0.3) is 0 Å². The van der Waals surface area contributed by atoms with Gasteiger partial charge in [0, 0.05) is 0 Å². The number of aliphatic hydroxyl groups is 5. The molecule has 0 amide bonds. The minimum atomic E-state index is -1.55. The highest BCUT2D eigenvalue weighted by molar-refractivity contribution is 4.86. The summed E-state index contributed by atoms with van der Waals surface area (Å²) >= 11 is 0. The van der Waals surface area contributed by atoms with Gasteiger partial charge in [-0.25, -0.2) is 0 Å². The zero-order valence-corrected chi connectivity index (χ0v) is 8.75. The minimum absolute atomic E-state index is 0.602. The van der Waals surface area contributed by atoms with E-state index < -0.39 is 36.4 Å². The van der Waals surface area contributed by atoms with E-state index in [1.165, 1.54) is 0 Å². The summed E-state index contributed by atoms with van der Waals surface area (Å²) in [6.07, 6.45) is -5.63. The van der Waals surface area contributed by atoms with Crippen LogP contribution < -0.4 is 0 Å². The van der Waals surface area contributed by atoms with Crippen LogP contribution in [0.3, 0.4) is 0 Å². The number of hydrogen-bond acceptors (Lipinski definition) is 5. The van der Waals surface area contributed by atoms with Crippen molar-refractivity contribution in [1.29, 1.82) is 0 Å². The fourth-order valence-corrected chi connectivity index (χ4v) is 1.03. The molecule has 0 radical (unpaired) electrons. The van der Waals surface area contributed by atoms with Gasteiger partial charge in [-0.1, -0.05) is 20.8 Å². The number of aliphatic hydroxyl groups excluding tert-OH is 5. The first-order valence-electron chi connectivity index (χ1n) is 4.55. The van der Waals surface area contributed by atoms with Crippen molar-refractivity contribution in [1.82, 2.24) is 0 Å². The molecule has 0 unspecified atom stereocenters. The zero-order valence-electron chi connectivity index (χ0n) is 8.75. The fourth-order valence-electron chi connectivity index (χ4n) is 1.03. The van der Waals surface area contributed by atoms with Crippen molar-refractivity contribution in [3.63, 3.8) is 0 Å². The third-order valence-electron chi connectivity index (χ3n) is 2.14. The topological polar surface area (TPSA) is 101 Å². The van der Waals surface area contributed by atoms with Crippen LogP contribution in [0.25, 0.3) is 0 Å². The highest BCUT2D eigenvalue weighted by atomic mass is 16.4. The maximum atomic E-state index is 9.57. The lowest BCUT2D eigenvalue weighted by molar-refractivity contribution is -0.137. The highest BCUT2D eigenvalue weighted by Crippen LogP contribution is 2.23. The van der Waals surface area contributed by atoms with Gasteiger partial charge in [-0.05, 0) is 5.41 Å². The average Bonchev–Trinajstić information content (AvgIpc) is 2.11. The second kappa shape index (κ2) is 5.04. The van der Waals surface area contributed by atoms with Crippen molar-refractivity contribution in [2.24, 2.45) is 5.41 Å². The van der Waals surface area contributed by atoms with E-state index in [2.05, 4.69) is 0 Å². The molecule has 14 heavy (non-hydrogen) atoms. The summed E-state index contributed by atoms with van der Waals surface area (Å²) in [5, 5.41) is 45.9. The summed E-state index contributed by atoms with van der Waals surface area (Å²) in [5.74, 6) is 0. The summed E-state index contributed by atoms with van der Waals surface area (Å²) < 4.78 is 0. The van der Waals surface area contributed by atoms with Crippen LogP contribution >= 0.6 is 0 Å². The van der Waals surface area contributed by atoms with Crippen LogP contribution in [-0.4, -0.2) is 56.6 Å². The molecule has 0 aromatic heterocycles. The van der Waals surface area contributed by atoms with E-state index in [4.69, 9.17) is 10.2 Å². The van der Waals surface area contributed by atoms with Crippen LogP contribution in [-0.2, 0) is 0 Å². The van der Waals surface area contributed by atoms with Crippen LogP contribution in [0.2, 0.25) is 0 Å². The zero-order chi connectivity index (χ0) is 11.5. The van der Waals surface area contributed by atoms with E-state index in [-0.39, 0.29) is 0 Å². The summed E-state index contributed by atoms with van der Waals surface area (Å²) in [6, 6.07) is 0. The Morgan fingerprint density at radius 3 is 1.64 bits per heavy atom. The van der Waals surface area contributed by atoms with E-state index in [9.17, 15) is 15.3 Å². The van der Waals surface area contributed by atoms with E-state index >= 15 is 0 Å². The van der Waals surface area contributed by atoms with E-state index in [1.807, 2.05) is 0 Å². The van der Waals surface area contributed by atoms with Gasteiger partial charge in [0.1, 0.15) is 18.3 Å². The lowest BCUT2D eigenvalue weighted by atomic mass is 9.83. The molecule has 0 aromatic carbocycles. The first kappa shape index (κ1) is 13.8. The summed E-state index contributed by atoms with van der Waals surface area (Å²) in [4.78, 5) is 0. The second-order valence-electron chi connectivity index (χ2n) is 4.54. The maximum Gasteiger partial charge on any atom is 0.111 e. The van der Waals surface area contributed by atoms with Crippen molar-refractivity contribution in [3.8, 4) is 0 Å². The molecule has 0 fully saturated rings. The van der Waals surface area contributed by atoms with Crippen molar-refractivity contribution >= 4 is 0 Å².